The van der Waals surface area contributed by atoms with E-state index in [9.17, 15) is 14.3 Å². The SMILES string of the molecule is C[C@H]1c2n[nH]c(=O)c3cc(F)cc(c23)N[C@@H]1c1ccc(NCCCCCO[C@H]2CC[C@H]3[C@@H]4CCc5cc(O)ccc5[C@H]4CC[C@]23C)cc1. The predicted octanol–water partition coefficient (Wildman–Crippen LogP) is 8.56. The summed E-state index contributed by atoms with van der Waals surface area (Å²) >= 11 is 0. The van der Waals surface area contributed by atoms with Gasteiger partial charge in [0.2, 0.25) is 0 Å². The van der Waals surface area contributed by atoms with Gasteiger partial charge in [-0.05, 0) is 134 Å². The lowest BCUT2D eigenvalue weighted by atomic mass is 9.55. The van der Waals surface area contributed by atoms with E-state index in [0.29, 0.717) is 34.2 Å². The van der Waals surface area contributed by atoms with Gasteiger partial charge >= 0.3 is 0 Å². The first-order chi connectivity index (χ1) is 23.3. The molecule has 3 aliphatic carbocycles. The minimum atomic E-state index is -0.439. The maximum Gasteiger partial charge on any atom is 0.272 e. The highest BCUT2D eigenvalue weighted by atomic mass is 19.1. The van der Waals surface area contributed by atoms with Crippen LogP contribution < -0.4 is 16.2 Å². The van der Waals surface area contributed by atoms with Crippen molar-refractivity contribution in [3.05, 3.63) is 93.2 Å². The van der Waals surface area contributed by atoms with Gasteiger partial charge in [0, 0.05) is 35.8 Å². The highest BCUT2D eigenvalue weighted by Gasteiger charge is 2.55. The smallest absolute Gasteiger partial charge is 0.272 e. The van der Waals surface area contributed by atoms with E-state index in [1.807, 2.05) is 12.1 Å². The van der Waals surface area contributed by atoms with Crippen molar-refractivity contribution >= 4 is 22.1 Å². The molecule has 1 aliphatic heterocycles. The third kappa shape index (κ3) is 5.46. The van der Waals surface area contributed by atoms with Crippen LogP contribution in [0.2, 0.25) is 0 Å². The number of anilines is 2. The maximum atomic E-state index is 14.3. The van der Waals surface area contributed by atoms with Gasteiger partial charge in [-0.2, -0.15) is 5.10 Å². The van der Waals surface area contributed by atoms with Crippen molar-refractivity contribution in [3.63, 3.8) is 0 Å². The number of phenols is 1. The summed E-state index contributed by atoms with van der Waals surface area (Å²) in [5, 5.41) is 25.0. The zero-order valence-corrected chi connectivity index (χ0v) is 28.0. The van der Waals surface area contributed by atoms with Crippen molar-refractivity contribution < 1.29 is 14.2 Å². The number of nitrogens with zero attached hydrogens (tertiary/aromatic N) is 1. The Labute approximate surface area is 281 Å². The molecule has 0 unspecified atom stereocenters. The van der Waals surface area contributed by atoms with Gasteiger partial charge < -0.3 is 20.5 Å². The van der Waals surface area contributed by atoms with Crippen LogP contribution in [0.1, 0.15) is 105 Å². The van der Waals surface area contributed by atoms with Crippen LogP contribution in [0, 0.1) is 23.1 Å². The summed E-state index contributed by atoms with van der Waals surface area (Å²) in [5.74, 6) is 2.09. The van der Waals surface area contributed by atoms with Crippen molar-refractivity contribution in [3.8, 4) is 5.75 Å². The average molecular weight is 651 g/mol. The average Bonchev–Trinajstić information content (AvgIpc) is 3.42. The molecule has 0 radical (unpaired) electrons. The van der Waals surface area contributed by atoms with Gasteiger partial charge in [0.1, 0.15) is 11.6 Å². The van der Waals surface area contributed by atoms with Crippen LogP contribution in [0.5, 0.6) is 5.75 Å². The lowest BCUT2D eigenvalue weighted by molar-refractivity contribution is -0.0646. The Hall–Kier alpha value is -3.91. The number of H-pyrrole nitrogens is 1. The number of halogens is 1. The third-order valence-corrected chi connectivity index (χ3v) is 12.5. The number of aromatic nitrogens is 2. The lowest BCUT2D eigenvalue weighted by Gasteiger charge is -2.50. The molecule has 4 N–H and O–H groups in total. The first-order valence-electron chi connectivity index (χ1n) is 18.1. The number of hydrogen-bond donors (Lipinski definition) is 4. The first-order valence-corrected chi connectivity index (χ1v) is 18.1. The van der Waals surface area contributed by atoms with Gasteiger partial charge in [-0.25, -0.2) is 9.49 Å². The number of ether oxygens (including phenoxy) is 1. The van der Waals surface area contributed by atoms with Crippen LogP contribution in [-0.4, -0.2) is 34.6 Å². The summed E-state index contributed by atoms with van der Waals surface area (Å²) in [5.41, 5.74) is 6.33. The number of rotatable bonds is 9. The number of hydrogen-bond acceptors (Lipinski definition) is 6. The van der Waals surface area contributed by atoms with E-state index in [0.717, 1.165) is 67.6 Å². The van der Waals surface area contributed by atoms with Crippen LogP contribution in [0.15, 0.2) is 59.4 Å². The number of aromatic amines is 1. The van der Waals surface area contributed by atoms with Crippen LogP contribution in [0.3, 0.4) is 0 Å². The summed E-state index contributed by atoms with van der Waals surface area (Å²) < 4.78 is 21.0. The molecule has 2 saturated carbocycles. The van der Waals surface area contributed by atoms with E-state index in [2.05, 4.69) is 65.0 Å². The highest BCUT2D eigenvalue weighted by Crippen LogP contribution is 2.61. The van der Waals surface area contributed by atoms with E-state index >= 15 is 0 Å². The van der Waals surface area contributed by atoms with Crippen molar-refractivity contribution in [1.82, 2.24) is 10.2 Å². The molecular weight excluding hydrogens is 603 g/mol. The standard InChI is InChI=1S/C40H47FN4O3/c1-23-37(43-34-22-26(41)21-32-36(34)38(23)44-45-39(32)47)24-6-9-27(10-7-24)42-18-4-3-5-19-48-35-15-14-33-31-12-8-25-20-28(46)11-13-29(25)30(31)16-17-40(33,35)2/h6-7,9-11,13,20-23,30-31,33,35,37,42-43,46H,3-5,8,12,14-19H2,1-2H3,(H,45,47)/t23-,30-,31-,33+,35+,37+,40+/m1/s1. The number of unbranched alkanes of at least 4 members (excludes halogenated alkanes) is 2. The topological polar surface area (TPSA) is 99.3 Å². The first kappa shape index (κ1) is 31.4. The number of fused-ring (bicyclic) bond motifs is 5. The number of benzene rings is 3. The quantitative estimate of drug-likeness (QED) is 0.136. The Morgan fingerprint density at radius 2 is 1.90 bits per heavy atom. The van der Waals surface area contributed by atoms with Crippen molar-refractivity contribution in [2.24, 2.45) is 17.3 Å². The monoisotopic (exact) mass is 650 g/mol. The molecule has 1 aromatic heterocycles. The molecule has 2 fully saturated rings. The second kappa shape index (κ2) is 12.5. The second-order valence-electron chi connectivity index (χ2n) is 15.1. The minimum Gasteiger partial charge on any atom is -0.508 e. The van der Waals surface area contributed by atoms with Gasteiger partial charge in [-0.15, -0.1) is 0 Å². The fraction of sp³-hybridized carbons (Fsp3) is 0.500. The molecule has 252 valence electrons. The van der Waals surface area contributed by atoms with Crippen molar-refractivity contribution in [2.45, 2.75) is 95.6 Å². The number of aromatic hydroxyl groups is 1. The molecule has 7 atom stereocenters. The molecule has 7 nitrogen and oxygen atoms in total. The fourth-order valence-electron chi connectivity index (χ4n) is 10.0. The van der Waals surface area contributed by atoms with Crippen molar-refractivity contribution in [1.29, 1.82) is 0 Å². The minimum absolute atomic E-state index is 0.00273. The summed E-state index contributed by atoms with van der Waals surface area (Å²) in [6, 6.07) is 17.1. The Balaban J connectivity index is 0.791. The zero-order chi connectivity index (χ0) is 33.0. The number of aryl methyl sites for hydroxylation is 1. The number of nitrogens with one attached hydrogen (secondary N) is 3. The Morgan fingerprint density at radius 1 is 1.04 bits per heavy atom. The predicted molar refractivity (Wildman–Crippen MR) is 188 cm³/mol. The molecular formula is C40H47FN4O3. The van der Waals surface area contributed by atoms with E-state index in [-0.39, 0.29) is 22.9 Å². The van der Waals surface area contributed by atoms with Gasteiger partial charge in [-0.1, -0.05) is 32.0 Å². The van der Waals surface area contributed by atoms with E-state index in [1.165, 1.54) is 55.4 Å². The second-order valence-corrected chi connectivity index (χ2v) is 15.1. The van der Waals surface area contributed by atoms with E-state index in [4.69, 9.17) is 4.74 Å². The van der Waals surface area contributed by atoms with Crippen LogP contribution in [-0.2, 0) is 11.2 Å². The van der Waals surface area contributed by atoms with Gasteiger partial charge in [0.05, 0.1) is 23.2 Å². The molecule has 0 saturated heterocycles. The molecule has 2 heterocycles. The Kier molecular flexibility index (Phi) is 8.18. The zero-order valence-electron chi connectivity index (χ0n) is 28.0. The Bertz CT molecular complexity index is 1880. The molecule has 8 rings (SSSR count). The highest BCUT2D eigenvalue weighted by molar-refractivity contribution is 5.97. The van der Waals surface area contributed by atoms with E-state index < -0.39 is 5.82 Å². The molecule has 0 spiro atoms. The van der Waals surface area contributed by atoms with Gasteiger partial charge in [-0.3, -0.25) is 4.79 Å². The summed E-state index contributed by atoms with van der Waals surface area (Å²) in [6.07, 6.45) is 11.0. The van der Waals surface area contributed by atoms with Gasteiger partial charge in [0.25, 0.3) is 5.56 Å². The molecule has 4 aromatic rings. The summed E-state index contributed by atoms with van der Waals surface area (Å²) in [6.45, 7) is 6.35. The summed E-state index contributed by atoms with van der Waals surface area (Å²) in [7, 11) is 0. The molecule has 4 aliphatic rings. The van der Waals surface area contributed by atoms with E-state index in [1.54, 1.807) is 0 Å². The van der Waals surface area contributed by atoms with Crippen LogP contribution >= 0.6 is 0 Å². The molecule has 48 heavy (non-hydrogen) atoms. The third-order valence-electron chi connectivity index (χ3n) is 12.5. The Morgan fingerprint density at radius 3 is 2.75 bits per heavy atom. The largest absolute Gasteiger partial charge is 0.508 e. The molecule has 8 heteroatoms. The molecule has 0 amide bonds. The van der Waals surface area contributed by atoms with Crippen molar-refractivity contribution in [2.75, 3.05) is 23.8 Å². The fourth-order valence-corrected chi connectivity index (χ4v) is 10.0. The number of phenolic OH excluding ortho intramolecular Hbond substituents is 1. The molecule has 0 bridgehead atoms. The lowest BCUT2D eigenvalue weighted by Crippen LogP contribution is -2.44. The molecule has 3 aromatic carbocycles. The van der Waals surface area contributed by atoms with Gasteiger partial charge in [0.15, 0.2) is 0 Å². The van der Waals surface area contributed by atoms with Crippen LogP contribution in [0.4, 0.5) is 15.8 Å². The maximum absolute atomic E-state index is 14.3. The van der Waals surface area contributed by atoms with Crippen LogP contribution in [0.25, 0.3) is 10.8 Å². The summed E-state index contributed by atoms with van der Waals surface area (Å²) in [4.78, 5) is 12.3. The normalized spacial score (nSPS) is 28.7.